The Kier molecular flexibility index (Phi) is 5.44. The standard InChI is InChI=1S/C18H21FN2O5/c1-10-6-11(4-5-12(10)19)9-21-17(26)15(13(22)7-18(21,2)3)16(25)20-8-14(23)24/h4-6,15H,7-9H2,1-3H3,(H,20,25)(H,23,24). The lowest BCUT2D eigenvalue weighted by Crippen LogP contribution is -2.60. The van der Waals surface area contributed by atoms with Gasteiger partial charge in [0, 0.05) is 18.5 Å². The molecule has 1 saturated heterocycles. The SMILES string of the molecule is Cc1cc(CN2C(=O)C(C(=O)NCC(=O)O)C(=O)CC2(C)C)ccc1F. The van der Waals surface area contributed by atoms with Gasteiger partial charge in [0.05, 0.1) is 0 Å². The summed E-state index contributed by atoms with van der Waals surface area (Å²) < 4.78 is 13.4. The van der Waals surface area contributed by atoms with Gasteiger partial charge in [0.25, 0.3) is 0 Å². The number of carboxylic acids is 1. The molecule has 0 saturated carbocycles. The zero-order chi connectivity index (χ0) is 19.6. The third-order valence-corrected chi connectivity index (χ3v) is 4.41. The van der Waals surface area contributed by atoms with E-state index in [1.165, 1.54) is 11.0 Å². The molecule has 0 aliphatic carbocycles. The molecule has 26 heavy (non-hydrogen) atoms. The average Bonchev–Trinajstić information content (AvgIpc) is 2.52. The summed E-state index contributed by atoms with van der Waals surface area (Å²) in [5.41, 5.74) is 0.279. The fourth-order valence-corrected chi connectivity index (χ4v) is 3.02. The van der Waals surface area contributed by atoms with Crippen molar-refractivity contribution in [1.82, 2.24) is 10.2 Å². The molecule has 1 heterocycles. The number of piperidine rings is 1. The van der Waals surface area contributed by atoms with E-state index in [0.29, 0.717) is 11.1 Å². The molecule has 8 heteroatoms. The van der Waals surface area contributed by atoms with Crippen LogP contribution in [0.15, 0.2) is 18.2 Å². The number of hydrogen-bond donors (Lipinski definition) is 2. The van der Waals surface area contributed by atoms with E-state index < -0.39 is 41.6 Å². The molecule has 1 fully saturated rings. The maximum Gasteiger partial charge on any atom is 0.322 e. The lowest BCUT2D eigenvalue weighted by molar-refractivity contribution is -0.158. The molecular weight excluding hydrogens is 343 g/mol. The summed E-state index contributed by atoms with van der Waals surface area (Å²) >= 11 is 0. The van der Waals surface area contributed by atoms with E-state index in [-0.39, 0.29) is 18.8 Å². The number of hydrogen-bond acceptors (Lipinski definition) is 4. The molecule has 140 valence electrons. The minimum absolute atomic E-state index is 0.0376. The Morgan fingerprint density at radius 2 is 2.00 bits per heavy atom. The molecule has 2 amide bonds. The lowest BCUT2D eigenvalue weighted by Gasteiger charge is -2.44. The van der Waals surface area contributed by atoms with Crippen LogP contribution in [-0.4, -0.2) is 45.7 Å². The largest absolute Gasteiger partial charge is 0.480 e. The van der Waals surface area contributed by atoms with Crippen LogP contribution >= 0.6 is 0 Å². The van der Waals surface area contributed by atoms with E-state index in [0.717, 1.165) is 0 Å². The van der Waals surface area contributed by atoms with E-state index >= 15 is 0 Å². The maximum atomic E-state index is 13.4. The second-order valence-electron chi connectivity index (χ2n) is 7.01. The van der Waals surface area contributed by atoms with Crippen LogP contribution in [0.25, 0.3) is 0 Å². The van der Waals surface area contributed by atoms with Gasteiger partial charge in [0.2, 0.25) is 11.8 Å². The summed E-state index contributed by atoms with van der Waals surface area (Å²) in [5, 5.41) is 10.7. The van der Waals surface area contributed by atoms with E-state index in [4.69, 9.17) is 5.11 Å². The molecular formula is C18H21FN2O5. The van der Waals surface area contributed by atoms with Crippen LogP contribution in [0.2, 0.25) is 0 Å². The van der Waals surface area contributed by atoms with Crippen LogP contribution in [-0.2, 0) is 25.7 Å². The molecule has 1 unspecified atom stereocenters. The number of likely N-dealkylation sites (tertiary alicyclic amines) is 1. The zero-order valence-corrected chi connectivity index (χ0v) is 14.8. The first-order valence-corrected chi connectivity index (χ1v) is 8.11. The Bertz CT molecular complexity index is 775. The predicted molar refractivity (Wildman–Crippen MR) is 89.5 cm³/mol. The summed E-state index contributed by atoms with van der Waals surface area (Å²) in [5.74, 6) is -5.35. The monoisotopic (exact) mass is 364 g/mol. The molecule has 1 atom stereocenters. The predicted octanol–water partition coefficient (Wildman–Crippen LogP) is 1.03. The Morgan fingerprint density at radius 3 is 2.58 bits per heavy atom. The first kappa shape index (κ1) is 19.6. The minimum atomic E-state index is -1.57. The molecule has 2 rings (SSSR count). The quantitative estimate of drug-likeness (QED) is 0.760. The Hall–Kier alpha value is -2.77. The summed E-state index contributed by atoms with van der Waals surface area (Å²) in [6.45, 7) is 4.47. The van der Waals surface area contributed by atoms with Crippen LogP contribution in [0.5, 0.6) is 0 Å². The van der Waals surface area contributed by atoms with Crippen LogP contribution in [0.4, 0.5) is 4.39 Å². The van der Waals surface area contributed by atoms with Gasteiger partial charge in [-0.25, -0.2) is 4.39 Å². The average molecular weight is 364 g/mol. The first-order chi connectivity index (χ1) is 12.0. The van der Waals surface area contributed by atoms with Crippen LogP contribution in [0.3, 0.4) is 0 Å². The van der Waals surface area contributed by atoms with E-state index in [2.05, 4.69) is 5.32 Å². The van der Waals surface area contributed by atoms with Gasteiger partial charge in [-0.15, -0.1) is 0 Å². The molecule has 0 radical (unpaired) electrons. The van der Waals surface area contributed by atoms with Crippen molar-refractivity contribution in [3.8, 4) is 0 Å². The number of Topliss-reactive ketones (excluding diaryl/α,β-unsaturated/α-hetero) is 1. The van der Waals surface area contributed by atoms with Crippen molar-refractivity contribution in [1.29, 1.82) is 0 Å². The highest BCUT2D eigenvalue weighted by molar-refractivity contribution is 6.20. The molecule has 0 bridgehead atoms. The molecule has 0 aromatic heterocycles. The number of amides is 2. The smallest absolute Gasteiger partial charge is 0.322 e. The van der Waals surface area contributed by atoms with Gasteiger partial charge in [-0.05, 0) is 38.0 Å². The molecule has 7 nitrogen and oxygen atoms in total. The number of carboxylic acid groups (broad SMARTS) is 1. The van der Waals surface area contributed by atoms with Crippen molar-refractivity contribution in [3.63, 3.8) is 0 Å². The van der Waals surface area contributed by atoms with Crippen LogP contribution in [0, 0.1) is 18.7 Å². The van der Waals surface area contributed by atoms with Crippen LogP contribution in [0.1, 0.15) is 31.4 Å². The molecule has 1 aliphatic rings. The number of benzene rings is 1. The van der Waals surface area contributed by atoms with Gasteiger partial charge < -0.3 is 15.3 Å². The van der Waals surface area contributed by atoms with Crippen molar-refractivity contribution in [2.75, 3.05) is 6.54 Å². The Balaban J connectivity index is 2.26. The van der Waals surface area contributed by atoms with Gasteiger partial charge >= 0.3 is 5.97 Å². The number of carbonyl (C=O) groups excluding carboxylic acids is 3. The normalized spacial score (nSPS) is 19.4. The van der Waals surface area contributed by atoms with Gasteiger partial charge in [-0.2, -0.15) is 0 Å². The number of rotatable bonds is 5. The van der Waals surface area contributed by atoms with Gasteiger partial charge in [-0.3, -0.25) is 19.2 Å². The maximum absolute atomic E-state index is 13.4. The Labute approximate surface area is 150 Å². The number of aliphatic carboxylic acids is 1. The third kappa shape index (κ3) is 4.07. The van der Waals surface area contributed by atoms with E-state index in [1.807, 2.05) is 0 Å². The first-order valence-electron chi connectivity index (χ1n) is 8.11. The second kappa shape index (κ2) is 7.23. The van der Waals surface area contributed by atoms with Crippen molar-refractivity contribution in [3.05, 3.63) is 35.1 Å². The van der Waals surface area contributed by atoms with Gasteiger partial charge in [0.15, 0.2) is 11.7 Å². The summed E-state index contributed by atoms with van der Waals surface area (Å²) in [4.78, 5) is 49.3. The van der Waals surface area contributed by atoms with Crippen molar-refractivity contribution in [2.45, 2.75) is 39.3 Å². The second-order valence-corrected chi connectivity index (χ2v) is 7.01. The van der Waals surface area contributed by atoms with Crippen molar-refractivity contribution < 1.29 is 28.7 Å². The highest BCUT2D eigenvalue weighted by Gasteiger charge is 2.48. The minimum Gasteiger partial charge on any atom is -0.480 e. The molecule has 1 aromatic rings. The molecule has 1 aromatic carbocycles. The number of halogens is 1. The molecule has 0 spiro atoms. The molecule has 1 aliphatic heterocycles. The molecule has 2 N–H and O–H groups in total. The summed E-state index contributed by atoms with van der Waals surface area (Å²) in [6, 6.07) is 4.45. The summed E-state index contributed by atoms with van der Waals surface area (Å²) in [6.07, 6.45) is -0.0376. The number of nitrogens with one attached hydrogen (secondary N) is 1. The summed E-state index contributed by atoms with van der Waals surface area (Å²) in [7, 11) is 0. The van der Waals surface area contributed by atoms with E-state index in [1.54, 1.807) is 32.9 Å². The van der Waals surface area contributed by atoms with E-state index in [9.17, 15) is 23.6 Å². The Morgan fingerprint density at radius 1 is 1.35 bits per heavy atom. The van der Waals surface area contributed by atoms with Crippen LogP contribution < -0.4 is 5.32 Å². The van der Waals surface area contributed by atoms with Gasteiger partial charge in [-0.1, -0.05) is 12.1 Å². The number of aryl methyl sites for hydroxylation is 1. The number of nitrogens with zero attached hydrogens (tertiary/aromatic N) is 1. The van der Waals surface area contributed by atoms with Crippen molar-refractivity contribution >= 4 is 23.6 Å². The lowest BCUT2D eigenvalue weighted by atomic mass is 9.82. The third-order valence-electron chi connectivity index (χ3n) is 4.41. The fraction of sp³-hybridized carbons (Fsp3) is 0.444. The number of carbonyl (C=O) groups is 4. The van der Waals surface area contributed by atoms with Gasteiger partial charge in [0.1, 0.15) is 12.4 Å². The highest BCUT2D eigenvalue weighted by Crippen LogP contribution is 2.31. The fourth-order valence-electron chi connectivity index (χ4n) is 3.02. The topological polar surface area (TPSA) is 104 Å². The zero-order valence-electron chi connectivity index (χ0n) is 14.8. The highest BCUT2D eigenvalue weighted by atomic mass is 19.1. The number of ketones is 1. The van der Waals surface area contributed by atoms with Crippen molar-refractivity contribution in [2.24, 2.45) is 5.92 Å².